The minimum Gasteiger partial charge on any atom is -0.496 e. The van der Waals surface area contributed by atoms with E-state index in [9.17, 15) is 13.2 Å². The van der Waals surface area contributed by atoms with Crippen LogP contribution in [0.3, 0.4) is 0 Å². The van der Waals surface area contributed by atoms with Crippen molar-refractivity contribution in [3.8, 4) is 5.75 Å². The van der Waals surface area contributed by atoms with Crippen molar-refractivity contribution in [2.75, 3.05) is 20.3 Å². The van der Waals surface area contributed by atoms with Gasteiger partial charge in [0.2, 0.25) is 0 Å². The molecule has 0 spiro atoms. The standard InChI is InChI=1S/C13H18F3NO2/c1-3-17-7-10-4-5-12(18-2)11(6-10)8-19-9-13(14,15)16/h4-6,17H,3,7-9H2,1-2H3. The summed E-state index contributed by atoms with van der Waals surface area (Å²) < 4.78 is 45.8. The van der Waals surface area contributed by atoms with E-state index in [0.717, 1.165) is 12.1 Å². The van der Waals surface area contributed by atoms with Gasteiger partial charge in [-0.1, -0.05) is 13.0 Å². The average molecular weight is 277 g/mol. The van der Waals surface area contributed by atoms with Gasteiger partial charge in [0.25, 0.3) is 0 Å². The maximum absolute atomic E-state index is 12.0. The Morgan fingerprint density at radius 3 is 2.58 bits per heavy atom. The van der Waals surface area contributed by atoms with Gasteiger partial charge in [0.1, 0.15) is 12.4 Å². The monoisotopic (exact) mass is 277 g/mol. The number of benzene rings is 1. The molecular weight excluding hydrogens is 259 g/mol. The van der Waals surface area contributed by atoms with Gasteiger partial charge in [0.05, 0.1) is 13.7 Å². The Morgan fingerprint density at radius 1 is 1.26 bits per heavy atom. The summed E-state index contributed by atoms with van der Waals surface area (Å²) in [5, 5.41) is 3.15. The molecule has 3 nitrogen and oxygen atoms in total. The largest absolute Gasteiger partial charge is 0.496 e. The van der Waals surface area contributed by atoms with E-state index in [0.29, 0.717) is 17.9 Å². The molecule has 0 saturated carbocycles. The lowest BCUT2D eigenvalue weighted by molar-refractivity contribution is -0.176. The number of rotatable bonds is 7. The zero-order chi connectivity index (χ0) is 14.3. The highest BCUT2D eigenvalue weighted by atomic mass is 19.4. The predicted molar refractivity (Wildman–Crippen MR) is 66.1 cm³/mol. The van der Waals surface area contributed by atoms with Crippen molar-refractivity contribution in [3.63, 3.8) is 0 Å². The Bertz CT molecular complexity index is 394. The summed E-state index contributed by atoms with van der Waals surface area (Å²) in [4.78, 5) is 0. The third kappa shape index (κ3) is 5.94. The Morgan fingerprint density at radius 2 is 2.00 bits per heavy atom. The van der Waals surface area contributed by atoms with Crippen LogP contribution in [0.1, 0.15) is 18.1 Å². The van der Waals surface area contributed by atoms with E-state index in [1.807, 2.05) is 13.0 Å². The van der Waals surface area contributed by atoms with Crippen LogP contribution < -0.4 is 10.1 Å². The van der Waals surface area contributed by atoms with E-state index in [-0.39, 0.29) is 6.61 Å². The maximum Gasteiger partial charge on any atom is 0.411 e. The van der Waals surface area contributed by atoms with Crippen molar-refractivity contribution in [2.45, 2.75) is 26.3 Å². The molecule has 0 aromatic heterocycles. The van der Waals surface area contributed by atoms with Gasteiger partial charge < -0.3 is 14.8 Å². The number of hydrogen-bond acceptors (Lipinski definition) is 3. The van der Waals surface area contributed by atoms with Crippen LogP contribution in [-0.4, -0.2) is 26.4 Å². The number of nitrogens with one attached hydrogen (secondary N) is 1. The van der Waals surface area contributed by atoms with Crippen LogP contribution in [-0.2, 0) is 17.9 Å². The van der Waals surface area contributed by atoms with Crippen molar-refractivity contribution in [1.82, 2.24) is 5.32 Å². The van der Waals surface area contributed by atoms with Crippen molar-refractivity contribution in [3.05, 3.63) is 29.3 Å². The molecule has 0 radical (unpaired) electrons. The lowest BCUT2D eigenvalue weighted by Gasteiger charge is -2.12. The fraction of sp³-hybridized carbons (Fsp3) is 0.538. The van der Waals surface area contributed by atoms with E-state index in [1.165, 1.54) is 7.11 Å². The van der Waals surface area contributed by atoms with E-state index in [1.54, 1.807) is 12.1 Å². The SMILES string of the molecule is CCNCc1ccc(OC)c(COCC(F)(F)F)c1. The van der Waals surface area contributed by atoms with Gasteiger partial charge in [0.15, 0.2) is 0 Å². The summed E-state index contributed by atoms with van der Waals surface area (Å²) in [6, 6.07) is 5.39. The van der Waals surface area contributed by atoms with Gasteiger partial charge in [-0.3, -0.25) is 0 Å². The molecule has 1 aromatic carbocycles. The Balaban J connectivity index is 2.67. The minimum atomic E-state index is -4.31. The summed E-state index contributed by atoms with van der Waals surface area (Å²) in [5.74, 6) is 0.530. The first-order chi connectivity index (χ1) is 8.96. The third-order valence-electron chi connectivity index (χ3n) is 2.45. The molecule has 1 N–H and O–H groups in total. The van der Waals surface area contributed by atoms with Crippen LogP contribution in [0.2, 0.25) is 0 Å². The van der Waals surface area contributed by atoms with Gasteiger partial charge in [-0.25, -0.2) is 0 Å². The normalized spacial score (nSPS) is 11.6. The summed E-state index contributed by atoms with van der Waals surface area (Å²) in [7, 11) is 1.48. The minimum absolute atomic E-state index is 0.122. The number of hydrogen-bond donors (Lipinski definition) is 1. The van der Waals surface area contributed by atoms with Gasteiger partial charge in [-0.15, -0.1) is 0 Å². The highest BCUT2D eigenvalue weighted by Gasteiger charge is 2.27. The Kier molecular flexibility index (Phi) is 6.11. The number of methoxy groups -OCH3 is 1. The fourth-order valence-corrected chi connectivity index (χ4v) is 1.60. The van der Waals surface area contributed by atoms with Crippen LogP contribution in [0.4, 0.5) is 13.2 Å². The number of halogens is 3. The number of alkyl halides is 3. The summed E-state index contributed by atoms with van der Waals surface area (Å²) in [5.41, 5.74) is 1.59. The van der Waals surface area contributed by atoms with Crippen LogP contribution in [0.25, 0.3) is 0 Å². The van der Waals surface area contributed by atoms with Gasteiger partial charge in [0, 0.05) is 12.1 Å². The lowest BCUT2D eigenvalue weighted by atomic mass is 10.1. The third-order valence-corrected chi connectivity index (χ3v) is 2.45. The molecule has 19 heavy (non-hydrogen) atoms. The van der Waals surface area contributed by atoms with E-state index >= 15 is 0 Å². The quantitative estimate of drug-likeness (QED) is 0.831. The van der Waals surface area contributed by atoms with Crippen molar-refractivity contribution in [2.24, 2.45) is 0 Å². The Hall–Kier alpha value is -1.27. The molecule has 0 saturated heterocycles. The fourth-order valence-electron chi connectivity index (χ4n) is 1.60. The first-order valence-corrected chi connectivity index (χ1v) is 5.97. The van der Waals surface area contributed by atoms with Crippen LogP contribution in [0, 0.1) is 0 Å². The van der Waals surface area contributed by atoms with Crippen LogP contribution in [0.5, 0.6) is 5.75 Å². The molecule has 0 atom stereocenters. The molecule has 0 aliphatic heterocycles. The summed E-state index contributed by atoms with van der Waals surface area (Å²) in [6.45, 7) is 2.09. The number of ether oxygens (including phenoxy) is 2. The smallest absolute Gasteiger partial charge is 0.411 e. The molecule has 0 amide bonds. The van der Waals surface area contributed by atoms with E-state index in [2.05, 4.69) is 10.1 Å². The van der Waals surface area contributed by atoms with Crippen molar-refractivity contribution in [1.29, 1.82) is 0 Å². The van der Waals surface area contributed by atoms with Gasteiger partial charge >= 0.3 is 6.18 Å². The lowest BCUT2D eigenvalue weighted by Crippen LogP contribution is -2.17. The zero-order valence-corrected chi connectivity index (χ0v) is 11.0. The molecule has 0 aliphatic carbocycles. The van der Waals surface area contributed by atoms with Crippen LogP contribution >= 0.6 is 0 Å². The van der Waals surface area contributed by atoms with E-state index in [4.69, 9.17) is 4.74 Å². The predicted octanol–water partition coefficient (Wildman–Crippen LogP) is 2.88. The molecular formula is C13H18F3NO2. The average Bonchev–Trinajstić information content (AvgIpc) is 2.35. The Labute approximate surface area is 110 Å². The molecule has 0 aliphatic rings. The second-order valence-electron chi connectivity index (χ2n) is 4.03. The molecule has 0 heterocycles. The topological polar surface area (TPSA) is 30.5 Å². The first-order valence-electron chi connectivity index (χ1n) is 5.97. The van der Waals surface area contributed by atoms with E-state index < -0.39 is 12.8 Å². The highest BCUT2D eigenvalue weighted by molar-refractivity contribution is 5.36. The van der Waals surface area contributed by atoms with Gasteiger partial charge in [-0.05, 0) is 24.2 Å². The maximum atomic E-state index is 12.0. The molecule has 1 rings (SSSR count). The molecule has 0 bridgehead atoms. The second-order valence-corrected chi connectivity index (χ2v) is 4.03. The summed E-state index contributed by atoms with van der Waals surface area (Å²) in [6.07, 6.45) is -4.31. The van der Waals surface area contributed by atoms with Crippen molar-refractivity contribution >= 4 is 0 Å². The first kappa shape index (κ1) is 15.8. The summed E-state index contributed by atoms with van der Waals surface area (Å²) >= 11 is 0. The van der Waals surface area contributed by atoms with Crippen molar-refractivity contribution < 1.29 is 22.6 Å². The second kappa shape index (κ2) is 7.35. The molecule has 108 valence electrons. The molecule has 6 heteroatoms. The highest BCUT2D eigenvalue weighted by Crippen LogP contribution is 2.22. The van der Waals surface area contributed by atoms with Crippen LogP contribution in [0.15, 0.2) is 18.2 Å². The molecule has 0 fully saturated rings. The van der Waals surface area contributed by atoms with Gasteiger partial charge in [-0.2, -0.15) is 13.2 Å². The molecule has 1 aromatic rings. The zero-order valence-electron chi connectivity index (χ0n) is 11.0. The molecule has 0 unspecified atom stereocenters.